The van der Waals surface area contributed by atoms with Gasteiger partial charge in [-0.3, -0.25) is 14.6 Å². The molecule has 0 atom stereocenters. The summed E-state index contributed by atoms with van der Waals surface area (Å²) in [4.78, 5) is 37.0. The molecular weight excluding hydrogens is 444 g/mol. The maximum absolute atomic E-state index is 12.7. The van der Waals surface area contributed by atoms with Crippen LogP contribution in [0.4, 0.5) is 11.4 Å². The number of amides is 2. The standard InChI is InChI=1S/C27H28N4O4/c1-27(2,34)26(33)31-12-13-35-25-23(31)15-18(16-29-25)14-21-8-5-20(17-28-21)19-6-9-22(10-7-19)30-11-3-4-24(30)32/h5-10,15-17,34H,3-4,11-14H2,1-2H3. The molecule has 2 aromatic heterocycles. The van der Waals surface area contributed by atoms with E-state index in [-0.39, 0.29) is 11.8 Å². The molecule has 2 aliphatic heterocycles. The van der Waals surface area contributed by atoms with Crippen molar-refractivity contribution in [1.82, 2.24) is 9.97 Å². The molecule has 8 nitrogen and oxygen atoms in total. The number of hydrogen-bond acceptors (Lipinski definition) is 6. The Bertz CT molecular complexity index is 1250. The Morgan fingerprint density at radius 1 is 1.06 bits per heavy atom. The van der Waals surface area contributed by atoms with E-state index in [1.54, 1.807) is 6.20 Å². The van der Waals surface area contributed by atoms with Crippen LogP contribution in [-0.4, -0.2) is 52.2 Å². The number of rotatable bonds is 5. The molecule has 1 N–H and O–H groups in total. The van der Waals surface area contributed by atoms with Crippen molar-refractivity contribution in [3.05, 3.63) is 66.1 Å². The number of aliphatic hydroxyl groups is 1. The monoisotopic (exact) mass is 472 g/mol. The molecule has 0 unspecified atom stereocenters. The van der Waals surface area contributed by atoms with Gasteiger partial charge in [-0.15, -0.1) is 0 Å². The average Bonchev–Trinajstić information content (AvgIpc) is 3.29. The lowest BCUT2D eigenvalue weighted by Crippen LogP contribution is -2.48. The summed E-state index contributed by atoms with van der Waals surface area (Å²) in [5, 5.41) is 10.2. The van der Waals surface area contributed by atoms with Crippen LogP contribution >= 0.6 is 0 Å². The van der Waals surface area contributed by atoms with Gasteiger partial charge in [0.1, 0.15) is 17.9 Å². The number of nitrogens with zero attached hydrogens (tertiary/aromatic N) is 4. The summed E-state index contributed by atoms with van der Waals surface area (Å²) < 4.78 is 5.61. The van der Waals surface area contributed by atoms with E-state index in [0.29, 0.717) is 37.6 Å². The number of anilines is 2. The van der Waals surface area contributed by atoms with Crippen LogP contribution < -0.4 is 14.5 Å². The van der Waals surface area contributed by atoms with E-state index in [0.717, 1.165) is 41.0 Å². The molecule has 0 saturated carbocycles. The van der Waals surface area contributed by atoms with E-state index in [1.165, 1.54) is 18.7 Å². The minimum atomic E-state index is -1.48. The SMILES string of the molecule is CC(C)(O)C(=O)N1CCOc2ncc(Cc3ccc(-c4ccc(N5CCCC5=O)cc4)cn3)cc21. The number of ether oxygens (including phenoxy) is 1. The zero-order valence-corrected chi connectivity index (χ0v) is 19.9. The zero-order chi connectivity index (χ0) is 24.6. The molecular formula is C27H28N4O4. The van der Waals surface area contributed by atoms with E-state index in [4.69, 9.17) is 4.74 Å². The van der Waals surface area contributed by atoms with E-state index < -0.39 is 5.60 Å². The van der Waals surface area contributed by atoms with Gasteiger partial charge in [-0.2, -0.15) is 0 Å². The van der Waals surface area contributed by atoms with E-state index in [2.05, 4.69) is 9.97 Å². The molecule has 0 aliphatic carbocycles. The summed E-state index contributed by atoms with van der Waals surface area (Å²) in [6.45, 7) is 4.43. The first-order valence-electron chi connectivity index (χ1n) is 11.8. The van der Waals surface area contributed by atoms with Crippen molar-refractivity contribution >= 4 is 23.2 Å². The summed E-state index contributed by atoms with van der Waals surface area (Å²) in [5.41, 5.74) is 3.80. The van der Waals surface area contributed by atoms with Crippen LogP contribution in [0.1, 0.15) is 37.9 Å². The van der Waals surface area contributed by atoms with E-state index in [9.17, 15) is 14.7 Å². The molecule has 2 amide bonds. The molecule has 180 valence electrons. The molecule has 0 spiro atoms. The highest BCUT2D eigenvalue weighted by Crippen LogP contribution is 2.32. The maximum atomic E-state index is 12.7. The van der Waals surface area contributed by atoms with Crippen molar-refractivity contribution in [2.75, 3.05) is 29.5 Å². The molecule has 35 heavy (non-hydrogen) atoms. The fraction of sp³-hybridized carbons (Fsp3) is 0.333. The van der Waals surface area contributed by atoms with Crippen LogP contribution in [0.15, 0.2) is 54.9 Å². The summed E-state index contributed by atoms with van der Waals surface area (Å²) in [5.74, 6) is 0.183. The molecule has 1 fully saturated rings. The Hall–Kier alpha value is -3.78. The van der Waals surface area contributed by atoms with Crippen LogP contribution in [0.2, 0.25) is 0 Å². The van der Waals surface area contributed by atoms with Gasteiger partial charge in [-0.1, -0.05) is 18.2 Å². The number of fused-ring (bicyclic) bond motifs is 1. The lowest BCUT2D eigenvalue weighted by atomic mass is 10.0. The highest BCUT2D eigenvalue weighted by atomic mass is 16.5. The molecule has 0 bridgehead atoms. The van der Waals surface area contributed by atoms with E-state index >= 15 is 0 Å². The van der Waals surface area contributed by atoms with Crippen molar-refractivity contribution in [1.29, 1.82) is 0 Å². The second-order valence-corrected chi connectivity index (χ2v) is 9.44. The van der Waals surface area contributed by atoms with Gasteiger partial charge in [0.15, 0.2) is 0 Å². The van der Waals surface area contributed by atoms with E-state index in [1.807, 2.05) is 53.6 Å². The first kappa shape index (κ1) is 23.0. The molecule has 3 aromatic rings. The Kier molecular flexibility index (Phi) is 5.98. The highest BCUT2D eigenvalue weighted by molar-refractivity contribution is 6.00. The molecule has 1 aromatic carbocycles. The lowest BCUT2D eigenvalue weighted by Gasteiger charge is -2.32. The van der Waals surface area contributed by atoms with Crippen LogP contribution in [0.25, 0.3) is 11.1 Å². The van der Waals surface area contributed by atoms with Crippen LogP contribution in [-0.2, 0) is 16.0 Å². The molecule has 5 rings (SSSR count). The molecule has 8 heteroatoms. The van der Waals surface area contributed by atoms with Crippen LogP contribution in [0, 0.1) is 0 Å². The zero-order valence-electron chi connectivity index (χ0n) is 19.9. The van der Waals surface area contributed by atoms with Crippen molar-refractivity contribution in [3.63, 3.8) is 0 Å². The number of pyridine rings is 2. The smallest absolute Gasteiger partial charge is 0.258 e. The van der Waals surface area contributed by atoms with Gasteiger partial charge in [-0.25, -0.2) is 4.98 Å². The quantitative estimate of drug-likeness (QED) is 0.612. The van der Waals surface area contributed by atoms with Crippen LogP contribution in [0.5, 0.6) is 5.88 Å². The van der Waals surface area contributed by atoms with Gasteiger partial charge in [0.05, 0.1) is 6.54 Å². The summed E-state index contributed by atoms with van der Waals surface area (Å²) in [7, 11) is 0. The molecule has 0 radical (unpaired) electrons. The fourth-order valence-corrected chi connectivity index (χ4v) is 4.44. The Morgan fingerprint density at radius 2 is 1.83 bits per heavy atom. The first-order valence-corrected chi connectivity index (χ1v) is 11.8. The number of hydrogen-bond donors (Lipinski definition) is 1. The van der Waals surface area contributed by atoms with Gasteiger partial charge in [0.25, 0.3) is 5.91 Å². The topological polar surface area (TPSA) is 95.9 Å². The predicted molar refractivity (Wildman–Crippen MR) is 132 cm³/mol. The number of aromatic nitrogens is 2. The van der Waals surface area contributed by atoms with Crippen molar-refractivity contribution in [2.24, 2.45) is 0 Å². The van der Waals surface area contributed by atoms with Crippen LogP contribution in [0.3, 0.4) is 0 Å². The average molecular weight is 473 g/mol. The Morgan fingerprint density at radius 3 is 2.49 bits per heavy atom. The second kappa shape index (κ2) is 9.11. The van der Waals surface area contributed by atoms with Gasteiger partial charge < -0.3 is 19.6 Å². The summed E-state index contributed by atoms with van der Waals surface area (Å²) in [6, 6.07) is 13.9. The normalized spacial score (nSPS) is 15.7. The van der Waals surface area contributed by atoms with Gasteiger partial charge in [-0.05, 0) is 55.7 Å². The second-order valence-electron chi connectivity index (χ2n) is 9.44. The third kappa shape index (κ3) is 4.74. The third-order valence-corrected chi connectivity index (χ3v) is 6.30. The van der Waals surface area contributed by atoms with Gasteiger partial charge >= 0.3 is 0 Å². The summed E-state index contributed by atoms with van der Waals surface area (Å²) in [6.07, 6.45) is 5.64. The molecule has 2 aliphatic rings. The predicted octanol–water partition coefficient (Wildman–Crippen LogP) is 3.36. The Balaban J connectivity index is 1.31. The lowest BCUT2D eigenvalue weighted by molar-refractivity contribution is -0.133. The Labute approximate surface area is 204 Å². The molecule has 4 heterocycles. The number of carbonyl (C=O) groups is 2. The van der Waals surface area contributed by atoms with Crippen molar-refractivity contribution in [2.45, 2.75) is 38.7 Å². The van der Waals surface area contributed by atoms with Gasteiger partial charge in [0.2, 0.25) is 11.8 Å². The highest BCUT2D eigenvalue weighted by Gasteiger charge is 2.34. The third-order valence-electron chi connectivity index (χ3n) is 6.30. The minimum absolute atomic E-state index is 0.180. The largest absolute Gasteiger partial charge is 0.474 e. The first-order chi connectivity index (χ1) is 16.8. The summed E-state index contributed by atoms with van der Waals surface area (Å²) >= 11 is 0. The minimum Gasteiger partial charge on any atom is -0.474 e. The van der Waals surface area contributed by atoms with Gasteiger partial charge in [0, 0.05) is 48.7 Å². The number of benzene rings is 1. The number of carbonyl (C=O) groups excluding carboxylic acids is 2. The van der Waals surface area contributed by atoms with Crippen molar-refractivity contribution < 1.29 is 19.4 Å². The maximum Gasteiger partial charge on any atom is 0.258 e. The fourth-order valence-electron chi connectivity index (χ4n) is 4.44. The molecule has 1 saturated heterocycles. The van der Waals surface area contributed by atoms with Crippen molar-refractivity contribution in [3.8, 4) is 17.0 Å².